The second-order valence-corrected chi connectivity index (χ2v) is 4.34. The van der Waals surface area contributed by atoms with E-state index in [9.17, 15) is 0 Å². The van der Waals surface area contributed by atoms with E-state index in [4.69, 9.17) is 9.47 Å². The molecule has 4 nitrogen and oxygen atoms in total. The van der Waals surface area contributed by atoms with Crippen molar-refractivity contribution in [3.05, 3.63) is 23.9 Å². The summed E-state index contributed by atoms with van der Waals surface area (Å²) in [5.74, 6) is 0.661. The highest BCUT2D eigenvalue weighted by molar-refractivity contribution is 5.17. The normalized spacial score (nSPS) is 23.2. The Morgan fingerprint density at radius 2 is 2.24 bits per heavy atom. The number of hydrogen-bond acceptors (Lipinski definition) is 4. The molecule has 4 heteroatoms. The molecular weight excluding hydrogens is 216 g/mol. The first-order chi connectivity index (χ1) is 8.31. The van der Waals surface area contributed by atoms with Gasteiger partial charge in [0.1, 0.15) is 0 Å². The smallest absolute Gasteiger partial charge is 0.212 e. The molecule has 0 radical (unpaired) electrons. The molecule has 2 rings (SSSR count). The van der Waals surface area contributed by atoms with Gasteiger partial charge in [-0.05, 0) is 25.3 Å². The number of rotatable bonds is 6. The molecule has 1 saturated carbocycles. The number of hydrogen-bond donors (Lipinski definition) is 1. The largest absolute Gasteiger partial charge is 0.481 e. The number of nitrogens with zero attached hydrogens (tertiary/aromatic N) is 1. The Hall–Kier alpha value is -1.13. The molecule has 17 heavy (non-hydrogen) atoms. The summed E-state index contributed by atoms with van der Waals surface area (Å²) in [6.07, 6.45) is 4.56. The van der Waals surface area contributed by atoms with Crippen LogP contribution in [0, 0.1) is 0 Å². The van der Waals surface area contributed by atoms with Crippen LogP contribution in [0.1, 0.15) is 25.3 Å². The van der Waals surface area contributed by atoms with E-state index in [2.05, 4.69) is 10.3 Å². The molecule has 0 bridgehead atoms. The van der Waals surface area contributed by atoms with Gasteiger partial charge in [-0.1, -0.05) is 6.07 Å². The third kappa shape index (κ3) is 3.41. The van der Waals surface area contributed by atoms with Crippen molar-refractivity contribution in [1.29, 1.82) is 0 Å². The summed E-state index contributed by atoms with van der Waals surface area (Å²) < 4.78 is 10.5. The van der Waals surface area contributed by atoms with E-state index < -0.39 is 0 Å². The standard InChI is InChI=1S/C13H20N2O2/c1-3-17-12-6-11(7-12)14-8-10-4-5-13(16-2)15-9-10/h4-5,9,11-12,14H,3,6-8H2,1-2H3. The van der Waals surface area contributed by atoms with E-state index in [1.165, 1.54) is 5.56 Å². The average molecular weight is 236 g/mol. The predicted molar refractivity (Wildman–Crippen MR) is 66.1 cm³/mol. The lowest BCUT2D eigenvalue weighted by atomic mass is 9.89. The van der Waals surface area contributed by atoms with Crippen molar-refractivity contribution in [2.75, 3.05) is 13.7 Å². The molecule has 94 valence electrons. The molecule has 1 N–H and O–H groups in total. The highest BCUT2D eigenvalue weighted by Crippen LogP contribution is 2.23. The van der Waals surface area contributed by atoms with E-state index >= 15 is 0 Å². The summed E-state index contributed by atoms with van der Waals surface area (Å²) in [6, 6.07) is 4.52. The Morgan fingerprint density at radius 1 is 1.41 bits per heavy atom. The maximum absolute atomic E-state index is 5.52. The number of aromatic nitrogens is 1. The lowest BCUT2D eigenvalue weighted by molar-refractivity contribution is -0.0102. The van der Waals surface area contributed by atoms with Crippen LogP contribution >= 0.6 is 0 Å². The van der Waals surface area contributed by atoms with Gasteiger partial charge >= 0.3 is 0 Å². The minimum absolute atomic E-state index is 0.464. The summed E-state index contributed by atoms with van der Waals surface area (Å²) in [4.78, 5) is 4.18. The van der Waals surface area contributed by atoms with Crippen LogP contribution in [-0.4, -0.2) is 30.8 Å². The van der Waals surface area contributed by atoms with Gasteiger partial charge in [-0.2, -0.15) is 0 Å². The first-order valence-electron chi connectivity index (χ1n) is 6.15. The molecule has 0 spiro atoms. The molecule has 0 amide bonds. The van der Waals surface area contributed by atoms with Crippen molar-refractivity contribution < 1.29 is 9.47 Å². The molecule has 1 aromatic heterocycles. The fourth-order valence-electron chi connectivity index (χ4n) is 2.00. The molecule has 0 aromatic carbocycles. The molecule has 0 aliphatic heterocycles. The van der Waals surface area contributed by atoms with Gasteiger partial charge in [0.25, 0.3) is 0 Å². The number of pyridine rings is 1. The summed E-state index contributed by atoms with van der Waals surface area (Å²) in [7, 11) is 1.63. The molecular formula is C13H20N2O2. The highest BCUT2D eigenvalue weighted by atomic mass is 16.5. The summed E-state index contributed by atoms with van der Waals surface area (Å²) in [5, 5.41) is 3.50. The molecule has 1 aliphatic carbocycles. The SMILES string of the molecule is CCOC1CC(NCc2ccc(OC)nc2)C1. The van der Waals surface area contributed by atoms with Gasteiger partial charge < -0.3 is 14.8 Å². The minimum Gasteiger partial charge on any atom is -0.481 e. The number of methoxy groups -OCH3 is 1. The van der Waals surface area contributed by atoms with Crippen LogP contribution in [0.25, 0.3) is 0 Å². The molecule has 0 atom stereocenters. The molecule has 1 fully saturated rings. The Labute approximate surface area is 102 Å². The first kappa shape index (κ1) is 12.3. The zero-order valence-corrected chi connectivity index (χ0v) is 10.5. The van der Waals surface area contributed by atoms with E-state index in [0.717, 1.165) is 26.0 Å². The molecule has 0 unspecified atom stereocenters. The second-order valence-electron chi connectivity index (χ2n) is 4.34. The quantitative estimate of drug-likeness (QED) is 0.817. The predicted octanol–water partition coefficient (Wildman–Crippen LogP) is 1.75. The lowest BCUT2D eigenvalue weighted by Gasteiger charge is -2.35. The Morgan fingerprint density at radius 3 is 2.82 bits per heavy atom. The zero-order valence-electron chi connectivity index (χ0n) is 10.5. The van der Waals surface area contributed by atoms with Crippen molar-refractivity contribution in [3.8, 4) is 5.88 Å². The van der Waals surface area contributed by atoms with E-state index in [1.54, 1.807) is 7.11 Å². The first-order valence-corrected chi connectivity index (χ1v) is 6.15. The lowest BCUT2D eigenvalue weighted by Crippen LogP contribution is -2.45. The van der Waals surface area contributed by atoms with Crippen molar-refractivity contribution >= 4 is 0 Å². The van der Waals surface area contributed by atoms with E-state index in [0.29, 0.717) is 18.0 Å². The van der Waals surface area contributed by atoms with Crippen molar-refractivity contribution in [3.63, 3.8) is 0 Å². The van der Waals surface area contributed by atoms with Gasteiger partial charge in [0.05, 0.1) is 13.2 Å². The van der Waals surface area contributed by atoms with Crippen molar-refractivity contribution in [2.24, 2.45) is 0 Å². The maximum Gasteiger partial charge on any atom is 0.212 e. The monoisotopic (exact) mass is 236 g/mol. The number of ether oxygens (including phenoxy) is 2. The maximum atomic E-state index is 5.52. The Kier molecular flexibility index (Phi) is 4.34. The van der Waals surface area contributed by atoms with E-state index in [1.807, 2.05) is 25.3 Å². The molecule has 1 aliphatic rings. The van der Waals surface area contributed by atoms with Gasteiger partial charge in [0.2, 0.25) is 5.88 Å². The molecule has 1 heterocycles. The topological polar surface area (TPSA) is 43.4 Å². The van der Waals surface area contributed by atoms with Crippen LogP contribution in [-0.2, 0) is 11.3 Å². The van der Waals surface area contributed by atoms with Crippen LogP contribution in [0.2, 0.25) is 0 Å². The van der Waals surface area contributed by atoms with Gasteiger partial charge in [-0.15, -0.1) is 0 Å². The van der Waals surface area contributed by atoms with Crippen molar-refractivity contribution in [2.45, 2.75) is 38.5 Å². The van der Waals surface area contributed by atoms with Crippen LogP contribution in [0.5, 0.6) is 5.88 Å². The fourth-order valence-corrected chi connectivity index (χ4v) is 2.00. The average Bonchev–Trinajstić information content (AvgIpc) is 2.32. The van der Waals surface area contributed by atoms with Crippen LogP contribution < -0.4 is 10.1 Å². The second kappa shape index (κ2) is 5.98. The van der Waals surface area contributed by atoms with Gasteiger partial charge in [-0.3, -0.25) is 0 Å². The van der Waals surface area contributed by atoms with Crippen molar-refractivity contribution in [1.82, 2.24) is 10.3 Å². The van der Waals surface area contributed by atoms with Gasteiger partial charge in [0.15, 0.2) is 0 Å². The van der Waals surface area contributed by atoms with Gasteiger partial charge in [-0.25, -0.2) is 4.98 Å². The third-order valence-electron chi connectivity index (χ3n) is 3.10. The zero-order chi connectivity index (χ0) is 12.1. The fraction of sp³-hybridized carbons (Fsp3) is 0.615. The summed E-state index contributed by atoms with van der Waals surface area (Å²) in [5.41, 5.74) is 1.19. The number of nitrogens with one attached hydrogen (secondary N) is 1. The van der Waals surface area contributed by atoms with Crippen LogP contribution in [0.4, 0.5) is 0 Å². The van der Waals surface area contributed by atoms with Crippen LogP contribution in [0.15, 0.2) is 18.3 Å². The van der Waals surface area contributed by atoms with Crippen LogP contribution in [0.3, 0.4) is 0 Å². The third-order valence-corrected chi connectivity index (χ3v) is 3.10. The van der Waals surface area contributed by atoms with Gasteiger partial charge in [0, 0.05) is 31.5 Å². The summed E-state index contributed by atoms with van der Waals surface area (Å²) in [6.45, 7) is 3.73. The Bertz CT molecular complexity index is 334. The summed E-state index contributed by atoms with van der Waals surface area (Å²) >= 11 is 0. The molecule has 0 saturated heterocycles. The van der Waals surface area contributed by atoms with E-state index in [-0.39, 0.29) is 0 Å². The molecule has 1 aromatic rings. The minimum atomic E-state index is 0.464. The highest BCUT2D eigenvalue weighted by Gasteiger charge is 2.28. The Balaban J connectivity index is 1.68.